The first-order valence-electron chi connectivity index (χ1n) is 6.91. The molecule has 0 bridgehead atoms. The van der Waals surface area contributed by atoms with Crippen molar-refractivity contribution in [2.75, 3.05) is 18.3 Å². The smallest absolute Gasteiger partial charge is 0.352 e. The molecule has 2 amide bonds. The fourth-order valence-corrected chi connectivity index (χ4v) is 2.79. The van der Waals surface area contributed by atoms with Crippen LogP contribution in [0.15, 0.2) is 41.6 Å². The van der Waals surface area contributed by atoms with E-state index in [2.05, 4.69) is 4.98 Å². The van der Waals surface area contributed by atoms with E-state index in [-0.39, 0.29) is 6.61 Å². The Balaban J connectivity index is 2.33. The number of hydrazine groups is 2. The number of thioether (sulfide) groups is 1. The number of rotatable bonds is 5. The summed E-state index contributed by atoms with van der Waals surface area (Å²) in [5.74, 6) is 11.9. The van der Waals surface area contributed by atoms with Crippen LogP contribution in [-0.2, 0) is 6.61 Å². The minimum Gasteiger partial charge on any atom is -0.486 e. The molecular formula is C15H18ClN5O2S. The number of benzene rings is 1. The quantitative estimate of drug-likeness (QED) is 0.365. The Morgan fingerprint density at radius 1 is 1.38 bits per heavy atom. The van der Waals surface area contributed by atoms with Gasteiger partial charge in [0.1, 0.15) is 6.61 Å². The molecule has 0 aliphatic carbocycles. The predicted molar refractivity (Wildman–Crippen MR) is 95.8 cm³/mol. The van der Waals surface area contributed by atoms with Crippen LogP contribution < -0.4 is 21.4 Å². The fourth-order valence-electron chi connectivity index (χ4n) is 2.01. The van der Waals surface area contributed by atoms with Crippen LogP contribution in [0.5, 0.6) is 5.75 Å². The average molecular weight is 368 g/mol. The molecular weight excluding hydrogens is 350 g/mol. The third kappa shape index (κ3) is 4.09. The highest BCUT2D eigenvalue weighted by atomic mass is 35.5. The van der Waals surface area contributed by atoms with E-state index < -0.39 is 6.03 Å². The first-order chi connectivity index (χ1) is 11.5. The zero-order valence-corrected chi connectivity index (χ0v) is 14.8. The van der Waals surface area contributed by atoms with E-state index in [9.17, 15) is 4.79 Å². The molecule has 2 rings (SSSR count). The summed E-state index contributed by atoms with van der Waals surface area (Å²) in [5.41, 5.74) is 1.26. The van der Waals surface area contributed by atoms with Gasteiger partial charge < -0.3 is 4.74 Å². The highest BCUT2D eigenvalue weighted by molar-refractivity contribution is 7.98. The number of urea groups is 1. The molecule has 0 fully saturated rings. The van der Waals surface area contributed by atoms with Crippen molar-refractivity contribution in [1.29, 1.82) is 0 Å². The van der Waals surface area contributed by atoms with Crippen LogP contribution >= 0.6 is 23.4 Å². The van der Waals surface area contributed by atoms with Crippen molar-refractivity contribution in [2.45, 2.75) is 11.5 Å². The minimum atomic E-state index is -0.547. The van der Waals surface area contributed by atoms with Gasteiger partial charge in [0.15, 0.2) is 5.75 Å². The summed E-state index contributed by atoms with van der Waals surface area (Å²) in [4.78, 5) is 17.0. The van der Waals surface area contributed by atoms with Crippen LogP contribution in [0.25, 0.3) is 0 Å². The molecule has 0 radical (unpaired) electrons. The Hall–Kier alpha value is -2.00. The minimum absolute atomic E-state index is 0.174. The van der Waals surface area contributed by atoms with E-state index in [1.54, 1.807) is 18.3 Å². The second kappa shape index (κ2) is 8.20. The molecule has 0 atom stereocenters. The van der Waals surface area contributed by atoms with Gasteiger partial charge in [-0.05, 0) is 24.5 Å². The summed E-state index contributed by atoms with van der Waals surface area (Å²) in [6.45, 7) is 0.174. The van der Waals surface area contributed by atoms with Crippen LogP contribution in [0.3, 0.4) is 0 Å². The third-order valence-electron chi connectivity index (χ3n) is 3.20. The predicted octanol–water partition coefficient (Wildman–Crippen LogP) is 2.64. The van der Waals surface area contributed by atoms with Crippen molar-refractivity contribution in [3.63, 3.8) is 0 Å². The van der Waals surface area contributed by atoms with Gasteiger partial charge in [-0.15, -0.1) is 11.8 Å². The maximum atomic E-state index is 12.0. The Morgan fingerprint density at radius 2 is 2.12 bits per heavy atom. The van der Waals surface area contributed by atoms with Crippen LogP contribution in [0, 0.1) is 0 Å². The molecule has 7 nitrogen and oxygen atoms in total. The van der Waals surface area contributed by atoms with E-state index in [1.165, 1.54) is 25.0 Å². The maximum absolute atomic E-state index is 12.0. The molecule has 0 saturated carbocycles. The molecule has 0 aliphatic heterocycles. The lowest BCUT2D eigenvalue weighted by atomic mass is 10.2. The number of aromatic nitrogens is 1. The average Bonchev–Trinajstić information content (AvgIpc) is 2.59. The summed E-state index contributed by atoms with van der Waals surface area (Å²) >= 11 is 7.60. The van der Waals surface area contributed by atoms with Crippen molar-refractivity contribution < 1.29 is 9.53 Å². The lowest BCUT2D eigenvalue weighted by Crippen LogP contribution is -2.49. The van der Waals surface area contributed by atoms with Gasteiger partial charge in [-0.25, -0.2) is 21.5 Å². The number of hydrogen-bond donors (Lipinski definition) is 2. The van der Waals surface area contributed by atoms with E-state index in [1.807, 2.05) is 18.4 Å². The topological polar surface area (TPSA) is 97.7 Å². The molecule has 4 N–H and O–H groups in total. The van der Waals surface area contributed by atoms with Gasteiger partial charge in [-0.2, -0.15) is 0 Å². The molecule has 0 unspecified atom stereocenters. The number of anilines is 1. The molecule has 24 heavy (non-hydrogen) atoms. The van der Waals surface area contributed by atoms with Crippen LogP contribution in [0.1, 0.15) is 5.56 Å². The molecule has 0 spiro atoms. The Bertz CT molecular complexity index is 729. The van der Waals surface area contributed by atoms with E-state index in [0.717, 1.165) is 20.5 Å². The number of ether oxygens (including phenoxy) is 1. The van der Waals surface area contributed by atoms with E-state index >= 15 is 0 Å². The molecule has 2 aromatic rings. The zero-order chi connectivity index (χ0) is 17.7. The number of pyridine rings is 1. The van der Waals surface area contributed by atoms with Crippen molar-refractivity contribution in [1.82, 2.24) is 9.99 Å². The standard InChI is InChI=1S/C15H18ClN5O2S/c1-20(17)15(22)21(18)12-4-3-5-14(24-2)10(12)9-23-13-8-19-7-6-11(13)16/h3-8H,9,17-18H2,1-2H3. The number of halogens is 1. The Kier molecular flexibility index (Phi) is 6.27. The molecule has 9 heteroatoms. The van der Waals surface area contributed by atoms with Gasteiger partial charge in [0, 0.05) is 23.7 Å². The van der Waals surface area contributed by atoms with Gasteiger partial charge in [-0.1, -0.05) is 17.7 Å². The number of carbonyl (C=O) groups excluding carboxylic acids is 1. The van der Waals surface area contributed by atoms with Crippen molar-refractivity contribution in [2.24, 2.45) is 11.7 Å². The monoisotopic (exact) mass is 367 g/mol. The largest absolute Gasteiger partial charge is 0.486 e. The molecule has 1 heterocycles. The maximum Gasteiger partial charge on any atom is 0.352 e. The molecule has 0 saturated heterocycles. The second-order valence-corrected chi connectivity index (χ2v) is 6.07. The normalized spacial score (nSPS) is 10.4. The van der Waals surface area contributed by atoms with Crippen LogP contribution in [0.4, 0.5) is 10.5 Å². The molecule has 0 aliphatic rings. The highest BCUT2D eigenvalue weighted by Crippen LogP contribution is 2.31. The van der Waals surface area contributed by atoms with Gasteiger partial charge in [0.25, 0.3) is 0 Å². The first-order valence-corrected chi connectivity index (χ1v) is 8.51. The van der Waals surface area contributed by atoms with Gasteiger partial charge in [-0.3, -0.25) is 9.99 Å². The third-order valence-corrected chi connectivity index (χ3v) is 4.34. The summed E-state index contributed by atoms with van der Waals surface area (Å²) in [5, 5.41) is 2.35. The lowest BCUT2D eigenvalue weighted by molar-refractivity contribution is 0.216. The van der Waals surface area contributed by atoms with E-state index in [4.69, 9.17) is 28.0 Å². The van der Waals surface area contributed by atoms with Gasteiger partial charge in [0.2, 0.25) is 0 Å². The van der Waals surface area contributed by atoms with Crippen molar-refractivity contribution in [3.05, 3.63) is 47.2 Å². The van der Waals surface area contributed by atoms with Crippen molar-refractivity contribution >= 4 is 35.1 Å². The lowest BCUT2D eigenvalue weighted by Gasteiger charge is -2.24. The summed E-state index contributed by atoms with van der Waals surface area (Å²) in [7, 11) is 1.42. The summed E-state index contributed by atoms with van der Waals surface area (Å²) in [6, 6.07) is 6.55. The van der Waals surface area contributed by atoms with Gasteiger partial charge in [0.05, 0.1) is 16.9 Å². The number of nitrogens with two attached hydrogens (primary N) is 2. The number of carbonyl (C=O) groups is 1. The SMILES string of the molecule is CSc1cccc(N(N)C(=O)N(C)N)c1COc1cnccc1Cl. The molecule has 1 aromatic heterocycles. The van der Waals surface area contributed by atoms with Crippen molar-refractivity contribution in [3.8, 4) is 5.75 Å². The fraction of sp³-hybridized carbons (Fsp3) is 0.200. The number of amides is 2. The Labute approximate surface area is 149 Å². The summed E-state index contributed by atoms with van der Waals surface area (Å²) < 4.78 is 5.75. The molecule has 128 valence electrons. The molecule has 1 aromatic carbocycles. The number of hydrogen-bond acceptors (Lipinski definition) is 6. The van der Waals surface area contributed by atoms with Crippen LogP contribution in [0.2, 0.25) is 5.02 Å². The zero-order valence-electron chi connectivity index (χ0n) is 13.3. The number of nitrogens with zero attached hydrogens (tertiary/aromatic N) is 3. The summed E-state index contributed by atoms with van der Waals surface area (Å²) in [6.07, 6.45) is 5.04. The Morgan fingerprint density at radius 3 is 2.75 bits per heavy atom. The highest BCUT2D eigenvalue weighted by Gasteiger charge is 2.20. The first kappa shape index (κ1) is 18.3. The van der Waals surface area contributed by atoms with Crippen LogP contribution in [-0.4, -0.2) is 29.3 Å². The van der Waals surface area contributed by atoms with Gasteiger partial charge >= 0.3 is 6.03 Å². The second-order valence-electron chi connectivity index (χ2n) is 4.82. The van der Waals surface area contributed by atoms with E-state index in [0.29, 0.717) is 16.5 Å².